The highest BCUT2D eigenvalue weighted by atomic mass is 31.1. The zero-order valence-corrected chi connectivity index (χ0v) is 8.15. The van der Waals surface area contributed by atoms with E-state index in [1.165, 1.54) is 0 Å². The van der Waals surface area contributed by atoms with Gasteiger partial charge in [-0.15, -0.1) is 0 Å². The summed E-state index contributed by atoms with van der Waals surface area (Å²) in [5.41, 5.74) is 1.08. The molecule has 0 saturated heterocycles. The molecule has 0 aliphatic heterocycles. The van der Waals surface area contributed by atoms with Crippen molar-refractivity contribution in [3.05, 3.63) is 30.5 Å². The number of aryl methyl sites for hydroxylation is 1. The van der Waals surface area contributed by atoms with Gasteiger partial charge in [-0.1, -0.05) is 12.1 Å². The second-order valence-electron chi connectivity index (χ2n) is 2.81. The van der Waals surface area contributed by atoms with Gasteiger partial charge in [0.2, 0.25) is 5.75 Å². The van der Waals surface area contributed by atoms with Gasteiger partial charge >= 0.3 is 8.69 Å². The van der Waals surface area contributed by atoms with Crippen LogP contribution in [-0.2, 0) is 11.6 Å². The van der Waals surface area contributed by atoms with E-state index in [4.69, 9.17) is 4.52 Å². The van der Waals surface area contributed by atoms with Crippen molar-refractivity contribution in [2.75, 3.05) is 0 Å². The molecular weight excluding hydrogens is 185 g/mol. The number of rotatable bonds is 2. The van der Waals surface area contributed by atoms with E-state index in [0.717, 1.165) is 10.9 Å². The first kappa shape index (κ1) is 8.27. The van der Waals surface area contributed by atoms with Crippen LogP contribution in [-0.4, -0.2) is 4.57 Å². The Kier molecular flexibility index (Phi) is 2.03. The van der Waals surface area contributed by atoms with Crippen molar-refractivity contribution in [3.63, 3.8) is 0 Å². The standard InChI is InChI=1S/C9H9NO2P/c1-10-6-9(12-13-11)7-4-2-3-5-8(7)10/h2-6,13H,1H3/q+1. The van der Waals surface area contributed by atoms with Gasteiger partial charge in [0, 0.05) is 12.4 Å². The van der Waals surface area contributed by atoms with E-state index in [2.05, 4.69) is 0 Å². The average molecular weight is 194 g/mol. The summed E-state index contributed by atoms with van der Waals surface area (Å²) in [5.74, 6) is 0.673. The van der Waals surface area contributed by atoms with Crippen molar-refractivity contribution in [1.82, 2.24) is 4.57 Å². The Hall–Kier alpha value is -1.34. The Morgan fingerprint density at radius 1 is 1.38 bits per heavy atom. The molecule has 0 spiro atoms. The van der Waals surface area contributed by atoms with E-state index in [0.29, 0.717) is 5.75 Å². The minimum atomic E-state index is -0.751. The van der Waals surface area contributed by atoms with Crippen molar-refractivity contribution in [2.24, 2.45) is 7.05 Å². The summed E-state index contributed by atoms with van der Waals surface area (Å²) < 4.78 is 17.3. The highest BCUT2D eigenvalue weighted by Crippen LogP contribution is 2.28. The number of aromatic nitrogens is 1. The second kappa shape index (κ2) is 3.19. The quantitative estimate of drug-likeness (QED) is 0.687. The fourth-order valence-electron chi connectivity index (χ4n) is 1.43. The van der Waals surface area contributed by atoms with Crippen LogP contribution >= 0.6 is 8.69 Å². The molecule has 1 aromatic heterocycles. The number of nitrogens with zero attached hydrogens (tertiary/aromatic N) is 1. The van der Waals surface area contributed by atoms with Gasteiger partial charge in [-0.25, -0.2) is 0 Å². The molecule has 2 rings (SSSR count). The van der Waals surface area contributed by atoms with E-state index in [1.807, 2.05) is 42.1 Å². The van der Waals surface area contributed by atoms with E-state index >= 15 is 0 Å². The average Bonchev–Trinajstić information content (AvgIpc) is 2.46. The highest BCUT2D eigenvalue weighted by Gasteiger charge is 2.09. The Labute approximate surface area is 77.2 Å². The molecule has 0 aliphatic rings. The fraction of sp³-hybridized carbons (Fsp3) is 0.111. The number of para-hydroxylation sites is 1. The highest BCUT2D eigenvalue weighted by molar-refractivity contribution is 7.17. The van der Waals surface area contributed by atoms with Gasteiger partial charge in [-0.3, -0.25) is 4.52 Å². The monoisotopic (exact) mass is 194 g/mol. The van der Waals surface area contributed by atoms with Crippen LogP contribution in [0.5, 0.6) is 5.75 Å². The van der Waals surface area contributed by atoms with Crippen LogP contribution in [0.3, 0.4) is 0 Å². The predicted molar refractivity (Wildman–Crippen MR) is 52.5 cm³/mol. The number of fused-ring (bicyclic) bond motifs is 1. The minimum absolute atomic E-state index is 0.673. The van der Waals surface area contributed by atoms with E-state index < -0.39 is 8.69 Å². The molecule has 1 unspecified atom stereocenters. The number of benzene rings is 1. The van der Waals surface area contributed by atoms with Gasteiger partial charge in [-0.05, 0) is 16.7 Å². The Balaban J connectivity index is 2.70. The molecule has 13 heavy (non-hydrogen) atoms. The summed E-state index contributed by atoms with van der Waals surface area (Å²) >= 11 is 0. The van der Waals surface area contributed by atoms with Crippen molar-refractivity contribution >= 4 is 19.6 Å². The van der Waals surface area contributed by atoms with Gasteiger partial charge in [0.15, 0.2) is 0 Å². The smallest absolute Gasteiger partial charge is 0.347 e. The SMILES string of the molecule is Cn1cc(O[PH+]=O)c2ccccc21. The van der Waals surface area contributed by atoms with Crippen LogP contribution < -0.4 is 4.52 Å². The molecule has 0 N–H and O–H groups in total. The van der Waals surface area contributed by atoms with E-state index in [9.17, 15) is 4.57 Å². The van der Waals surface area contributed by atoms with Crippen LogP contribution in [0.15, 0.2) is 30.5 Å². The summed E-state index contributed by atoms with van der Waals surface area (Å²) in [7, 11) is 1.18. The first-order valence-corrected chi connectivity index (χ1v) is 4.72. The van der Waals surface area contributed by atoms with Crippen LogP contribution in [0, 0.1) is 0 Å². The third-order valence-electron chi connectivity index (χ3n) is 2.01. The van der Waals surface area contributed by atoms with Gasteiger partial charge in [0.1, 0.15) is 0 Å². The molecule has 0 aliphatic carbocycles. The maximum absolute atomic E-state index is 10.3. The zero-order chi connectivity index (χ0) is 9.26. The van der Waals surface area contributed by atoms with Gasteiger partial charge in [0.05, 0.1) is 11.7 Å². The maximum Gasteiger partial charge on any atom is 0.542 e. The molecule has 1 heterocycles. The summed E-state index contributed by atoms with van der Waals surface area (Å²) in [6, 6.07) is 7.84. The predicted octanol–water partition coefficient (Wildman–Crippen LogP) is 2.50. The Bertz CT molecular complexity index is 450. The van der Waals surface area contributed by atoms with Gasteiger partial charge < -0.3 is 4.57 Å². The molecule has 1 aromatic carbocycles. The molecule has 3 nitrogen and oxygen atoms in total. The minimum Gasteiger partial charge on any atom is -0.347 e. The number of hydrogen-bond donors (Lipinski definition) is 0. The molecule has 0 fully saturated rings. The first-order valence-electron chi connectivity index (χ1n) is 3.91. The van der Waals surface area contributed by atoms with E-state index in [1.54, 1.807) is 0 Å². The lowest BCUT2D eigenvalue weighted by Gasteiger charge is -1.91. The second-order valence-corrected chi connectivity index (χ2v) is 3.18. The molecule has 0 radical (unpaired) electrons. The molecule has 1 atom stereocenters. The van der Waals surface area contributed by atoms with Crippen LogP contribution in [0.25, 0.3) is 10.9 Å². The first-order chi connectivity index (χ1) is 6.33. The Morgan fingerprint density at radius 3 is 2.92 bits per heavy atom. The van der Waals surface area contributed by atoms with Crippen LogP contribution in [0.2, 0.25) is 0 Å². The Morgan fingerprint density at radius 2 is 2.15 bits per heavy atom. The molecular formula is C9H9NO2P+. The van der Waals surface area contributed by atoms with Crippen molar-refractivity contribution in [2.45, 2.75) is 0 Å². The van der Waals surface area contributed by atoms with E-state index in [-0.39, 0.29) is 0 Å². The molecule has 0 saturated carbocycles. The molecule has 0 amide bonds. The van der Waals surface area contributed by atoms with Crippen LogP contribution in [0.4, 0.5) is 0 Å². The third-order valence-corrected chi connectivity index (χ3v) is 2.32. The zero-order valence-electron chi connectivity index (χ0n) is 7.15. The van der Waals surface area contributed by atoms with Gasteiger partial charge in [0.25, 0.3) is 0 Å². The lowest BCUT2D eigenvalue weighted by Crippen LogP contribution is -1.81. The summed E-state index contributed by atoms with van der Waals surface area (Å²) in [6.07, 6.45) is 1.83. The lowest BCUT2D eigenvalue weighted by atomic mass is 10.2. The summed E-state index contributed by atoms with van der Waals surface area (Å²) in [6.45, 7) is 0. The largest absolute Gasteiger partial charge is 0.542 e. The molecule has 4 heteroatoms. The third kappa shape index (κ3) is 1.31. The molecule has 0 bridgehead atoms. The number of hydrogen-bond acceptors (Lipinski definition) is 2. The van der Waals surface area contributed by atoms with Crippen molar-refractivity contribution in [1.29, 1.82) is 0 Å². The lowest BCUT2D eigenvalue weighted by molar-refractivity contribution is 0.527. The molecule has 66 valence electrons. The van der Waals surface area contributed by atoms with Crippen LogP contribution in [0.1, 0.15) is 0 Å². The van der Waals surface area contributed by atoms with Crippen molar-refractivity contribution in [3.8, 4) is 5.75 Å². The van der Waals surface area contributed by atoms with Gasteiger partial charge in [-0.2, -0.15) is 0 Å². The maximum atomic E-state index is 10.3. The summed E-state index contributed by atoms with van der Waals surface area (Å²) in [5, 5.41) is 0.994. The topological polar surface area (TPSA) is 31.2 Å². The van der Waals surface area contributed by atoms with Crippen molar-refractivity contribution < 1.29 is 9.09 Å². The fourth-order valence-corrected chi connectivity index (χ4v) is 1.68. The normalized spacial score (nSPS) is 10.8. The molecule has 2 aromatic rings. The summed E-state index contributed by atoms with van der Waals surface area (Å²) in [4.78, 5) is 0.